The van der Waals surface area contributed by atoms with Crippen LogP contribution in [-0.4, -0.2) is 4.98 Å². The molecule has 0 aliphatic heterocycles. The molecule has 0 aliphatic rings. The van der Waals surface area contributed by atoms with Crippen LogP contribution in [0.5, 0.6) is 0 Å². The van der Waals surface area contributed by atoms with Crippen molar-refractivity contribution >= 4 is 45.5 Å². The topological polar surface area (TPSA) is 16.8 Å². The summed E-state index contributed by atoms with van der Waals surface area (Å²) < 4.78 is 3.25. The average molecular weight is 409 g/mol. The molecule has 4 heteroatoms. The van der Waals surface area contributed by atoms with Crippen LogP contribution in [0.1, 0.15) is 0 Å². The number of pyridine rings is 2. The number of rotatable bonds is 1. The Morgan fingerprint density at radius 3 is 2.79 bits per heavy atom. The van der Waals surface area contributed by atoms with Crippen molar-refractivity contribution < 1.29 is 2.78 Å². The van der Waals surface area contributed by atoms with Crippen LogP contribution in [0, 0.1) is 3.57 Å². The monoisotopic (exact) mass is 409 g/mol. The molecule has 0 bridgehead atoms. The van der Waals surface area contributed by atoms with E-state index >= 15 is 0 Å². The molecule has 2 aromatic rings. The first-order valence-corrected chi connectivity index (χ1v) is 6.10. The van der Waals surface area contributed by atoms with Gasteiger partial charge < -0.3 is 0 Å². The maximum absolute atomic E-state index is 4.08. The van der Waals surface area contributed by atoms with E-state index in [1.165, 1.54) is 14.8 Å². The summed E-state index contributed by atoms with van der Waals surface area (Å²) in [5.41, 5.74) is 2.41. The number of halogens is 2. The van der Waals surface area contributed by atoms with Crippen molar-refractivity contribution in [2.24, 2.45) is 0 Å². The number of aromatic nitrogens is 2. The quantitative estimate of drug-likeness (QED) is 0.663. The predicted molar refractivity (Wildman–Crippen MR) is 72.0 cm³/mol. The lowest BCUT2D eigenvalue weighted by molar-refractivity contribution is -0.427. The van der Waals surface area contributed by atoms with Gasteiger partial charge in [-0.3, -0.25) is 4.98 Å². The zero-order chi connectivity index (χ0) is 9.97. The molecule has 0 N–H and O–H groups in total. The molecule has 2 heterocycles. The molecule has 14 heavy (non-hydrogen) atoms. The van der Waals surface area contributed by atoms with Crippen LogP contribution in [0.25, 0.3) is 11.3 Å². The van der Waals surface area contributed by atoms with Gasteiger partial charge in [-0.05, 0) is 34.7 Å². The van der Waals surface area contributed by atoms with Gasteiger partial charge >= 0.3 is 22.9 Å². The van der Waals surface area contributed by atoms with Crippen LogP contribution < -0.4 is 2.78 Å². The fourth-order valence-corrected chi connectivity index (χ4v) is 2.43. The van der Waals surface area contributed by atoms with Crippen molar-refractivity contribution in [1.82, 2.24) is 4.98 Å². The van der Waals surface area contributed by atoms with Crippen LogP contribution in [-0.2, 0) is 0 Å². The fourth-order valence-electron chi connectivity index (χ4n) is 1.21. The molecule has 2 rings (SSSR count). The molecular weight excluding hydrogens is 402 g/mol. The molecule has 2 aromatic heterocycles. The van der Waals surface area contributed by atoms with E-state index in [0.29, 0.717) is 0 Å². The molecule has 0 aromatic carbocycles. The summed E-state index contributed by atoms with van der Waals surface area (Å²) in [6.07, 6.45) is 5.73. The van der Waals surface area contributed by atoms with Crippen molar-refractivity contribution in [3.8, 4) is 11.3 Å². The zero-order valence-electron chi connectivity index (χ0n) is 7.19. The predicted octanol–water partition coefficient (Wildman–Crippen LogP) is 2.84. The van der Waals surface area contributed by atoms with Gasteiger partial charge in [-0.2, -0.15) is 0 Å². The van der Waals surface area contributed by atoms with E-state index in [1.807, 2.05) is 36.8 Å². The Hall–Kier alpha value is -0.240. The summed E-state index contributed by atoms with van der Waals surface area (Å²) in [5.74, 6) is 0. The van der Waals surface area contributed by atoms with Crippen LogP contribution >= 0.6 is 45.5 Å². The van der Waals surface area contributed by atoms with E-state index in [9.17, 15) is 0 Å². The Kier molecular flexibility index (Phi) is 3.32. The summed E-state index contributed by atoms with van der Waals surface area (Å²) in [4.78, 5) is 4.08. The van der Waals surface area contributed by atoms with Crippen molar-refractivity contribution in [1.29, 1.82) is 0 Å². The SMILES string of the molecule is Ic1cnccc1-c1cccc[n+]1I. The highest BCUT2D eigenvalue weighted by Gasteiger charge is 2.12. The second-order valence-corrected chi connectivity index (χ2v) is 4.95. The lowest BCUT2D eigenvalue weighted by Gasteiger charge is -1.99. The second-order valence-electron chi connectivity index (χ2n) is 2.75. The number of hydrogen-bond acceptors (Lipinski definition) is 1. The Balaban J connectivity index is 2.61. The third-order valence-corrected chi connectivity index (χ3v) is 3.56. The lowest BCUT2D eigenvalue weighted by atomic mass is 10.2. The average Bonchev–Trinajstić information content (AvgIpc) is 2.20. The summed E-state index contributed by atoms with van der Waals surface area (Å²) in [6, 6.07) is 8.20. The van der Waals surface area contributed by atoms with E-state index in [0.717, 1.165) is 0 Å². The molecule has 0 amide bonds. The zero-order valence-corrected chi connectivity index (χ0v) is 11.5. The second kappa shape index (κ2) is 4.52. The molecular formula is C10H7I2N2+. The number of hydrogen-bond donors (Lipinski definition) is 0. The van der Waals surface area contributed by atoms with Crippen LogP contribution in [0.2, 0.25) is 0 Å². The molecule has 0 unspecified atom stereocenters. The highest BCUT2D eigenvalue weighted by Crippen LogP contribution is 2.21. The van der Waals surface area contributed by atoms with Crippen molar-refractivity contribution in [2.45, 2.75) is 0 Å². The lowest BCUT2D eigenvalue weighted by Crippen LogP contribution is -2.21. The first-order valence-electron chi connectivity index (χ1n) is 4.06. The van der Waals surface area contributed by atoms with E-state index in [1.54, 1.807) is 0 Å². The van der Waals surface area contributed by atoms with Crippen molar-refractivity contribution in [3.05, 3.63) is 46.4 Å². The standard InChI is InChI=1S/C10H7I2N2/c11-9-7-13-5-4-8(9)10-3-1-2-6-14(10)12/h1-7H/q+1. The molecule has 2 nitrogen and oxygen atoms in total. The first-order chi connectivity index (χ1) is 6.79. The van der Waals surface area contributed by atoms with E-state index in [-0.39, 0.29) is 0 Å². The van der Waals surface area contributed by atoms with Gasteiger partial charge in [-0.25, -0.2) is 0 Å². The van der Waals surface area contributed by atoms with E-state index in [2.05, 4.69) is 59.3 Å². The molecule has 0 fully saturated rings. The van der Waals surface area contributed by atoms with Gasteiger partial charge in [-0.15, -0.1) is 2.78 Å². The van der Waals surface area contributed by atoms with Gasteiger partial charge in [0.25, 0.3) is 0 Å². The molecule has 0 spiro atoms. The summed E-state index contributed by atoms with van der Waals surface area (Å²) >= 11 is 4.57. The largest absolute Gasteiger partial charge is 0.354 e. The Labute approximate surface area is 110 Å². The van der Waals surface area contributed by atoms with Gasteiger partial charge in [0.15, 0.2) is 6.20 Å². The third-order valence-electron chi connectivity index (χ3n) is 1.86. The van der Waals surface area contributed by atoms with Gasteiger partial charge in [0, 0.05) is 28.1 Å². The first kappa shape index (κ1) is 10.3. The maximum Gasteiger partial charge on any atom is 0.354 e. The van der Waals surface area contributed by atoms with E-state index in [4.69, 9.17) is 0 Å². The summed E-state index contributed by atoms with van der Waals surface area (Å²) in [6.45, 7) is 0. The van der Waals surface area contributed by atoms with Crippen molar-refractivity contribution in [3.63, 3.8) is 0 Å². The fraction of sp³-hybridized carbons (Fsp3) is 0. The number of nitrogens with zero attached hydrogens (tertiary/aromatic N) is 2. The Morgan fingerprint density at radius 2 is 2.07 bits per heavy atom. The third kappa shape index (κ3) is 2.05. The minimum atomic E-state index is 1.17. The van der Waals surface area contributed by atoms with Crippen LogP contribution in [0.3, 0.4) is 0 Å². The van der Waals surface area contributed by atoms with Crippen LogP contribution in [0.4, 0.5) is 0 Å². The van der Waals surface area contributed by atoms with Gasteiger partial charge in [0.2, 0.25) is 5.69 Å². The molecule has 0 saturated heterocycles. The Bertz CT molecular complexity index is 414. The molecule has 0 radical (unpaired) electrons. The van der Waals surface area contributed by atoms with Gasteiger partial charge in [-0.1, -0.05) is 0 Å². The minimum Gasteiger partial charge on any atom is -0.264 e. The summed E-state index contributed by atoms with van der Waals surface area (Å²) in [5, 5.41) is 0. The highest BCUT2D eigenvalue weighted by atomic mass is 127. The smallest absolute Gasteiger partial charge is 0.264 e. The summed E-state index contributed by atoms with van der Waals surface area (Å²) in [7, 11) is 0. The molecule has 0 aliphatic carbocycles. The van der Waals surface area contributed by atoms with Crippen molar-refractivity contribution in [2.75, 3.05) is 0 Å². The Morgan fingerprint density at radius 1 is 1.21 bits per heavy atom. The van der Waals surface area contributed by atoms with Gasteiger partial charge in [0.1, 0.15) is 0 Å². The van der Waals surface area contributed by atoms with E-state index < -0.39 is 0 Å². The maximum atomic E-state index is 4.08. The van der Waals surface area contributed by atoms with Gasteiger partial charge in [0.05, 0.1) is 5.56 Å². The minimum absolute atomic E-state index is 1.17. The normalized spacial score (nSPS) is 10.1. The molecule has 70 valence electrons. The molecule has 0 saturated carbocycles. The highest BCUT2D eigenvalue weighted by molar-refractivity contribution is 14.1. The van der Waals surface area contributed by atoms with Crippen LogP contribution in [0.15, 0.2) is 42.9 Å². The molecule has 0 atom stereocenters.